The average Bonchev–Trinajstić information content (AvgIpc) is 2.34. The van der Waals surface area contributed by atoms with Crippen LogP contribution in [0.5, 0.6) is 0 Å². The van der Waals surface area contributed by atoms with Gasteiger partial charge in [-0.05, 0) is 18.3 Å². The summed E-state index contributed by atoms with van der Waals surface area (Å²) < 4.78 is 0. The van der Waals surface area contributed by atoms with Gasteiger partial charge in [-0.15, -0.1) is 0 Å². The van der Waals surface area contributed by atoms with Gasteiger partial charge in [-0.3, -0.25) is 4.79 Å². The first kappa shape index (κ1) is 18.4. The number of rotatable bonds is 9. The SMILES string of the molecule is CCCCCN(CCCCC)C(=O)C(N)C(C)(C)C. The molecule has 0 rings (SSSR count). The molecule has 0 aromatic heterocycles. The topological polar surface area (TPSA) is 46.3 Å². The number of amides is 1. The third-order valence-electron chi connectivity index (χ3n) is 3.57. The van der Waals surface area contributed by atoms with E-state index in [0.29, 0.717) is 0 Å². The minimum absolute atomic E-state index is 0.125. The number of hydrogen-bond donors (Lipinski definition) is 1. The summed E-state index contributed by atoms with van der Waals surface area (Å²) in [6.07, 6.45) is 6.91. The van der Waals surface area contributed by atoms with Crippen LogP contribution in [-0.2, 0) is 4.79 Å². The smallest absolute Gasteiger partial charge is 0.240 e. The quantitative estimate of drug-likeness (QED) is 0.651. The number of unbranched alkanes of at least 4 members (excludes halogenated alkanes) is 4. The lowest BCUT2D eigenvalue weighted by Gasteiger charge is -2.32. The molecule has 0 aromatic rings. The third-order valence-corrected chi connectivity index (χ3v) is 3.57. The molecule has 19 heavy (non-hydrogen) atoms. The van der Waals surface area contributed by atoms with E-state index in [0.717, 1.165) is 25.9 Å². The Morgan fingerprint density at radius 3 is 1.74 bits per heavy atom. The molecule has 0 saturated heterocycles. The number of carbonyl (C=O) groups excluding carboxylic acids is 1. The standard InChI is InChI=1S/C16H34N2O/c1-6-8-10-12-18(13-11-9-7-2)15(19)14(17)16(3,4)5/h14H,6-13,17H2,1-5H3. The first-order chi connectivity index (χ1) is 8.84. The zero-order valence-electron chi connectivity index (χ0n) is 13.7. The molecular formula is C16H34N2O. The van der Waals surface area contributed by atoms with Crippen LogP contribution in [0.15, 0.2) is 0 Å². The molecule has 1 amide bonds. The van der Waals surface area contributed by atoms with Crippen molar-refractivity contribution in [2.24, 2.45) is 11.1 Å². The van der Waals surface area contributed by atoms with Gasteiger partial charge in [0.05, 0.1) is 6.04 Å². The van der Waals surface area contributed by atoms with Crippen molar-refractivity contribution in [3.63, 3.8) is 0 Å². The molecule has 0 fully saturated rings. The van der Waals surface area contributed by atoms with Crippen LogP contribution in [0.3, 0.4) is 0 Å². The Labute approximate surface area is 119 Å². The summed E-state index contributed by atoms with van der Waals surface area (Å²) >= 11 is 0. The molecule has 1 atom stereocenters. The molecule has 0 radical (unpaired) electrons. The van der Waals surface area contributed by atoms with Crippen molar-refractivity contribution in [1.82, 2.24) is 4.90 Å². The van der Waals surface area contributed by atoms with Crippen LogP contribution in [0.1, 0.15) is 73.1 Å². The van der Waals surface area contributed by atoms with Crippen LogP contribution in [0.2, 0.25) is 0 Å². The van der Waals surface area contributed by atoms with Crippen molar-refractivity contribution in [2.75, 3.05) is 13.1 Å². The van der Waals surface area contributed by atoms with Gasteiger partial charge in [-0.2, -0.15) is 0 Å². The van der Waals surface area contributed by atoms with Crippen molar-refractivity contribution in [2.45, 2.75) is 79.2 Å². The van der Waals surface area contributed by atoms with Crippen LogP contribution < -0.4 is 5.73 Å². The first-order valence-corrected chi connectivity index (χ1v) is 7.89. The minimum Gasteiger partial charge on any atom is -0.341 e. The summed E-state index contributed by atoms with van der Waals surface area (Å²) in [6, 6.07) is -0.393. The van der Waals surface area contributed by atoms with E-state index in [1.54, 1.807) is 0 Å². The second-order valence-corrected chi connectivity index (χ2v) is 6.58. The molecule has 0 aromatic carbocycles. The predicted octanol–water partition coefficient (Wildman–Crippen LogP) is 3.57. The van der Waals surface area contributed by atoms with E-state index in [9.17, 15) is 4.79 Å². The fraction of sp³-hybridized carbons (Fsp3) is 0.938. The fourth-order valence-corrected chi connectivity index (χ4v) is 2.00. The van der Waals surface area contributed by atoms with E-state index in [1.165, 1.54) is 25.7 Å². The van der Waals surface area contributed by atoms with E-state index in [1.807, 2.05) is 25.7 Å². The lowest BCUT2D eigenvalue weighted by Crippen LogP contribution is -2.50. The summed E-state index contributed by atoms with van der Waals surface area (Å²) in [5.41, 5.74) is 5.95. The third kappa shape index (κ3) is 7.56. The lowest BCUT2D eigenvalue weighted by molar-refractivity contribution is -0.135. The lowest BCUT2D eigenvalue weighted by atomic mass is 9.86. The molecule has 0 bridgehead atoms. The van der Waals surface area contributed by atoms with Crippen LogP contribution in [-0.4, -0.2) is 29.9 Å². The minimum atomic E-state index is -0.393. The van der Waals surface area contributed by atoms with Crippen molar-refractivity contribution < 1.29 is 4.79 Å². The zero-order chi connectivity index (χ0) is 14.9. The number of carbonyl (C=O) groups is 1. The molecule has 0 spiro atoms. The summed E-state index contributed by atoms with van der Waals surface area (Å²) in [7, 11) is 0. The molecule has 0 aliphatic carbocycles. The van der Waals surface area contributed by atoms with Gasteiger partial charge in [-0.25, -0.2) is 0 Å². The maximum absolute atomic E-state index is 12.5. The van der Waals surface area contributed by atoms with Gasteiger partial charge in [0.15, 0.2) is 0 Å². The second-order valence-electron chi connectivity index (χ2n) is 6.58. The maximum atomic E-state index is 12.5. The van der Waals surface area contributed by atoms with Gasteiger partial charge in [0.2, 0.25) is 5.91 Å². The molecule has 114 valence electrons. The molecule has 3 nitrogen and oxygen atoms in total. The van der Waals surface area contributed by atoms with Crippen molar-refractivity contribution in [3.05, 3.63) is 0 Å². The molecule has 0 saturated carbocycles. The maximum Gasteiger partial charge on any atom is 0.240 e. The highest BCUT2D eigenvalue weighted by molar-refractivity contribution is 5.82. The number of hydrogen-bond acceptors (Lipinski definition) is 2. The molecule has 2 N–H and O–H groups in total. The predicted molar refractivity (Wildman–Crippen MR) is 83.1 cm³/mol. The second kappa shape index (κ2) is 9.35. The zero-order valence-corrected chi connectivity index (χ0v) is 13.7. The van der Waals surface area contributed by atoms with E-state index < -0.39 is 6.04 Å². The molecule has 0 aliphatic rings. The first-order valence-electron chi connectivity index (χ1n) is 7.89. The Bertz CT molecular complexity index is 236. The number of nitrogens with zero attached hydrogens (tertiary/aromatic N) is 1. The fourth-order valence-electron chi connectivity index (χ4n) is 2.00. The monoisotopic (exact) mass is 270 g/mol. The van der Waals surface area contributed by atoms with E-state index in [4.69, 9.17) is 5.73 Å². The Morgan fingerprint density at radius 2 is 1.42 bits per heavy atom. The van der Waals surface area contributed by atoms with Crippen LogP contribution in [0.25, 0.3) is 0 Å². The highest BCUT2D eigenvalue weighted by Crippen LogP contribution is 2.19. The van der Waals surface area contributed by atoms with Gasteiger partial charge in [0, 0.05) is 13.1 Å². The summed E-state index contributed by atoms with van der Waals surface area (Å²) in [4.78, 5) is 14.5. The van der Waals surface area contributed by atoms with Gasteiger partial charge < -0.3 is 10.6 Å². The van der Waals surface area contributed by atoms with Gasteiger partial charge >= 0.3 is 0 Å². The van der Waals surface area contributed by atoms with E-state index >= 15 is 0 Å². The van der Waals surface area contributed by atoms with Gasteiger partial charge in [0.25, 0.3) is 0 Å². The molecule has 0 heterocycles. The van der Waals surface area contributed by atoms with E-state index in [-0.39, 0.29) is 11.3 Å². The Balaban J connectivity index is 4.47. The molecule has 0 aliphatic heterocycles. The number of nitrogens with two attached hydrogens (primary N) is 1. The molecular weight excluding hydrogens is 236 g/mol. The van der Waals surface area contributed by atoms with Crippen molar-refractivity contribution in [1.29, 1.82) is 0 Å². The highest BCUT2D eigenvalue weighted by Gasteiger charge is 2.30. The van der Waals surface area contributed by atoms with Gasteiger partial charge in [0.1, 0.15) is 0 Å². The highest BCUT2D eigenvalue weighted by atomic mass is 16.2. The van der Waals surface area contributed by atoms with Crippen LogP contribution in [0, 0.1) is 5.41 Å². The van der Waals surface area contributed by atoms with Gasteiger partial charge in [-0.1, -0.05) is 60.3 Å². The largest absolute Gasteiger partial charge is 0.341 e. The summed E-state index contributed by atoms with van der Waals surface area (Å²) in [6.45, 7) is 12.2. The molecule has 3 heteroatoms. The normalized spacial score (nSPS) is 13.4. The van der Waals surface area contributed by atoms with Crippen LogP contribution >= 0.6 is 0 Å². The van der Waals surface area contributed by atoms with E-state index in [2.05, 4.69) is 13.8 Å². The van der Waals surface area contributed by atoms with Crippen molar-refractivity contribution in [3.8, 4) is 0 Å². The molecule has 1 unspecified atom stereocenters. The van der Waals surface area contributed by atoms with Crippen LogP contribution in [0.4, 0.5) is 0 Å². The Kier molecular flexibility index (Phi) is 9.07. The Morgan fingerprint density at radius 1 is 1.00 bits per heavy atom. The van der Waals surface area contributed by atoms with Crippen molar-refractivity contribution >= 4 is 5.91 Å². The Hall–Kier alpha value is -0.570. The average molecular weight is 270 g/mol. The summed E-state index contributed by atoms with van der Waals surface area (Å²) in [5, 5.41) is 0. The summed E-state index contributed by atoms with van der Waals surface area (Å²) in [5.74, 6) is 0.125.